The number of ether oxygens (including phenoxy) is 3. The molecule has 0 aliphatic heterocycles. The normalized spacial score (nSPS) is 11.7. The second kappa shape index (κ2) is 21.1. The predicted molar refractivity (Wildman–Crippen MR) is 221 cm³/mol. The number of carboxylic acids is 1. The number of carboxylic acid groups (broad SMARTS) is 1. The molecule has 0 radical (unpaired) electrons. The van der Waals surface area contributed by atoms with Gasteiger partial charge in [0.15, 0.2) is 13.2 Å². The molecule has 0 aliphatic rings. The number of oxime groups is 2. The number of nitrogens with zero attached hydrogens (tertiary/aromatic N) is 4. The summed E-state index contributed by atoms with van der Waals surface area (Å²) in [6, 6.07) is 34.5. The lowest BCUT2D eigenvalue weighted by Gasteiger charge is -2.20. The van der Waals surface area contributed by atoms with Crippen molar-refractivity contribution < 1.29 is 38.6 Å². The van der Waals surface area contributed by atoms with Crippen molar-refractivity contribution in [3.8, 4) is 11.5 Å². The van der Waals surface area contributed by atoms with Crippen LogP contribution in [0.2, 0.25) is 0 Å². The van der Waals surface area contributed by atoms with Crippen molar-refractivity contribution in [2.24, 2.45) is 33.2 Å². The first-order chi connectivity index (χ1) is 28.1. The molecule has 2 unspecified atom stereocenters. The fourth-order valence-corrected chi connectivity index (χ4v) is 6.29. The molecule has 9 N–H and O–H groups in total. The zero-order chi connectivity index (χ0) is 41.3. The second-order valence-electron chi connectivity index (χ2n) is 12.7. The number of aromatic nitrogens is 2. The lowest BCUT2D eigenvalue weighted by atomic mass is 10.0. The number of guanidine groups is 2. The first kappa shape index (κ1) is 41.8. The lowest BCUT2D eigenvalue weighted by molar-refractivity contribution is -0.143. The van der Waals surface area contributed by atoms with Gasteiger partial charge in [0.1, 0.15) is 24.7 Å². The topological polar surface area (TPSA) is 239 Å². The Hall–Kier alpha value is -7.36. The van der Waals surface area contributed by atoms with Gasteiger partial charge < -0.3 is 61.1 Å². The van der Waals surface area contributed by atoms with Crippen molar-refractivity contribution >= 4 is 45.7 Å². The van der Waals surface area contributed by atoms with Gasteiger partial charge >= 0.3 is 11.9 Å². The Morgan fingerprint density at radius 3 is 1.48 bits per heavy atom. The van der Waals surface area contributed by atoms with Gasteiger partial charge in [-0.1, -0.05) is 60.7 Å². The molecular weight excluding hydrogens is 745 g/mol. The number of carbonyl (C=O) groups excluding carboxylic acids is 1. The molecule has 0 saturated heterocycles. The summed E-state index contributed by atoms with van der Waals surface area (Å²) in [5, 5.41) is 18.2. The first-order valence-corrected chi connectivity index (χ1v) is 18.5. The number of hydrogen-bond acceptors (Lipinski definition) is 9. The summed E-state index contributed by atoms with van der Waals surface area (Å²) in [6.45, 7) is 3.20. The molecule has 0 fully saturated rings. The number of fused-ring (bicyclic) bond motifs is 2. The van der Waals surface area contributed by atoms with E-state index in [1.54, 1.807) is 0 Å². The van der Waals surface area contributed by atoms with Crippen molar-refractivity contribution in [3.05, 3.63) is 133 Å². The van der Waals surface area contributed by atoms with E-state index in [1.165, 1.54) is 0 Å². The molecule has 0 amide bonds. The van der Waals surface area contributed by atoms with Crippen molar-refractivity contribution in [2.75, 3.05) is 33.0 Å². The number of nitrogens with two attached hydrogens (primary N) is 4. The van der Waals surface area contributed by atoms with Gasteiger partial charge in [-0.25, -0.2) is 0 Å². The highest BCUT2D eigenvalue weighted by atomic mass is 16.6. The van der Waals surface area contributed by atoms with Gasteiger partial charge in [0, 0.05) is 34.2 Å². The van der Waals surface area contributed by atoms with Crippen molar-refractivity contribution in [1.29, 1.82) is 0 Å². The number of benzene rings is 4. The summed E-state index contributed by atoms with van der Waals surface area (Å²) in [4.78, 5) is 33.4. The summed E-state index contributed by atoms with van der Waals surface area (Å²) < 4.78 is 20.6. The standard InChI is InChI=1S/C22H26N4O4.C20H22N4O4/c1-2-28-21(27)15-20(16-6-4-3-5-7-16)26-11-10-17-14-18(8-9-19(17)26)29-12-13-30-25-22(23)24;21-20(22)23-28-11-10-27-16-6-7-17-15(12-16)8-9-24(17)18(13-19(25)26)14-4-2-1-3-5-14/h3-11,14,20H,2,12-13,15H2,1H3,(H4,23,24,25);1-9,12,18H,10-11,13H2,(H,25,26)(H4,21,22,23). The molecule has 0 spiro atoms. The van der Waals surface area contributed by atoms with Crippen LogP contribution in [0.15, 0.2) is 132 Å². The monoisotopic (exact) mass is 792 g/mol. The molecule has 4 aromatic carbocycles. The zero-order valence-electron chi connectivity index (χ0n) is 32.1. The highest BCUT2D eigenvalue weighted by Gasteiger charge is 2.21. The van der Waals surface area contributed by atoms with Gasteiger partial charge in [-0.15, -0.1) is 0 Å². The van der Waals surface area contributed by atoms with Crippen molar-refractivity contribution in [3.63, 3.8) is 0 Å². The SMILES string of the molecule is CCOC(=O)CC(c1ccccc1)n1ccc2cc(OCCON=C(N)N)ccc21.NC(N)=NOCCOc1ccc2c(ccn2C(CC(=O)O)c2ccccc2)c1. The van der Waals surface area contributed by atoms with E-state index in [2.05, 4.69) is 14.9 Å². The Balaban J connectivity index is 0.000000221. The number of hydrogen-bond donors (Lipinski definition) is 5. The summed E-state index contributed by atoms with van der Waals surface area (Å²) in [7, 11) is 0. The Morgan fingerprint density at radius 2 is 1.07 bits per heavy atom. The van der Waals surface area contributed by atoms with Crippen LogP contribution in [-0.4, -0.2) is 71.1 Å². The molecule has 2 heterocycles. The predicted octanol–water partition coefficient (Wildman–Crippen LogP) is 5.06. The number of carbonyl (C=O) groups is 2. The number of rotatable bonds is 19. The molecule has 16 heteroatoms. The molecule has 58 heavy (non-hydrogen) atoms. The van der Waals surface area contributed by atoms with Crippen LogP contribution in [0.3, 0.4) is 0 Å². The molecule has 0 bridgehead atoms. The molecule has 304 valence electrons. The molecule has 6 aromatic rings. The van der Waals surface area contributed by atoms with E-state index in [4.69, 9.17) is 46.8 Å². The van der Waals surface area contributed by atoms with Gasteiger partial charge in [0.05, 0.1) is 31.5 Å². The van der Waals surface area contributed by atoms with Gasteiger partial charge in [0.2, 0.25) is 11.9 Å². The minimum Gasteiger partial charge on any atom is -0.490 e. The summed E-state index contributed by atoms with van der Waals surface area (Å²) in [6.07, 6.45) is 4.13. The van der Waals surface area contributed by atoms with Crippen molar-refractivity contribution in [2.45, 2.75) is 31.8 Å². The summed E-state index contributed by atoms with van der Waals surface area (Å²) in [5.74, 6) is 0.0271. The van der Waals surface area contributed by atoms with Crippen LogP contribution in [-0.2, 0) is 24.0 Å². The maximum absolute atomic E-state index is 12.2. The third kappa shape index (κ3) is 12.1. The van der Waals surface area contributed by atoms with Gasteiger partial charge in [0.25, 0.3) is 0 Å². The van der Waals surface area contributed by atoms with Gasteiger partial charge in [-0.3, -0.25) is 9.59 Å². The van der Waals surface area contributed by atoms with Crippen LogP contribution in [0.1, 0.15) is 43.0 Å². The third-order valence-electron chi connectivity index (χ3n) is 8.68. The fraction of sp³-hybridized carbons (Fsp3) is 0.238. The van der Waals surface area contributed by atoms with E-state index >= 15 is 0 Å². The Kier molecular flexibility index (Phi) is 15.2. The molecule has 2 aromatic heterocycles. The van der Waals surface area contributed by atoms with Crippen molar-refractivity contribution in [1.82, 2.24) is 9.13 Å². The first-order valence-electron chi connectivity index (χ1n) is 18.5. The van der Waals surface area contributed by atoms with Gasteiger partial charge in [-0.05, 0) is 76.9 Å². The van der Waals surface area contributed by atoms with E-state index in [0.29, 0.717) is 24.7 Å². The van der Waals surface area contributed by atoms with E-state index in [0.717, 1.165) is 32.9 Å². The summed E-state index contributed by atoms with van der Waals surface area (Å²) >= 11 is 0. The Morgan fingerprint density at radius 1 is 0.621 bits per heavy atom. The molecule has 0 saturated carbocycles. The van der Waals surface area contributed by atoms with Crippen LogP contribution in [0, 0.1) is 0 Å². The van der Waals surface area contributed by atoms with E-state index in [1.807, 2.05) is 133 Å². The number of esters is 1. The van der Waals surface area contributed by atoms with Crippen LogP contribution in [0.25, 0.3) is 21.8 Å². The Labute approximate surface area is 335 Å². The molecule has 6 rings (SSSR count). The largest absolute Gasteiger partial charge is 0.490 e. The minimum absolute atomic E-state index is 0.00578. The average Bonchev–Trinajstić information content (AvgIpc) is 3.83. The van der Waals surface area contributed by atoms with E-state index in [9.17, 15) is 14.7 Å². The van der Waals surface area contributed by atoms with Crippen LogP contribution in [0.4, 0.5) is 0 Å². The van der Waals surface area contributed by atoms with Crippen LogP contribution < -0.4 is 32.4 Å². The number of aliphatic carboxylic acids is 1. The molecule has 0 aliphatic carbocycles. The zero-order valence-corrected chi connectivity index (χ0v) is 32.1. The maximum atomic E-state index is 12.2. The van der Waals surface area contributed by atoms with Gasteiger partial charge in [-0.2, -0.15) is 0 Å². The van der Waals surface area contributed by atoms with E-state index < -0.39 is 5.97 Å². The quantitative estimate of drug-likeness (QED) is 0.0238. The highest BCUT2D eigenvalue weighted by Crippen LogP contribution is 2.31. The minimum atomic E-state index is -0.851. The fourth-order valence-electron chi connectivity index (χ4n) is 6.29. The molecule has 16 nitrogen and oxygen atoms in total. The Bertz CT molecular complexity index is 2280. The second-order valence-corrected chi connectivity index (χ2v) is 12.7. The molecular formula is C42H48N8O8. The maximum Gasteiger partial charge on any atom is 0.308 e. The average molecular weight is 793 g/mol. The third-order valence-corrected chi connectivity index (χ3v) is 8.68. The van der Waals surface area contributed by atoms with Crippen LogP contribution in [0.5, 0.6) is 11.5 Å². The smallest absolute Gasteiger partial charge is 0.308 e. The van der Waals surface area contributed by atoms with Crippen LogP contribution >= 0.6 is 0 Å². The van der Waals surface area contributed by atoms with E-state index in [-0.39, 0.29) is 62.6 Å². The molecule has 2 atom stereocenters. The lowest BCUT2D eigenvalue weighted by Crippen LogP contribution is -2.23. The summed E-state index contributed by atoms with van der Waals surface area (Å²) in [5.41, 5.74) is 24.6. The highest BCUT2D eigenvalue weighted by molar-refractivity contribution is 5.83.